The number of amidine groups is 1. The van der Waals surface area contributed by atoms with Gasteiger partial charge in [-0.1, -0.05) is 38.3 Å². The average Bonchev–Trinajstić information content (AvgIpc) is 2.28. The minimum absolute atomic E-state index is 0.00749. The Bertz CT molecular complexity index is 320. The van der Waals surface area contributed by atoms with Gasteiger partial charge < -0.3 is 16.3 Å². The lowest BCUT2D eigenvalue weighted by Gasteiger charge is -2.36. The van der Waals surface area contributed by atoms with Crippen molar-refractivity contribution in [3.05, 3.63) is 0 Å². The second kappa shape index (κ2) is 6.07. The zero-order valence-corrected chi connectivity index (χ0v) is 11.6. The first kappa shape index (κ1) is 14.8. The van der Waals surface area contributed by atoms with Crippen LogP contribution in [0, 0.1) is 11.8 Å². The molecule has 18 heavy (non-hydrogen) atoms. The Morgan fingerprint density at radius 1 is 1.33 bits per heavy atom. The Hall–Kier alpha value is -1.26. The molecular weight excluding hydrogens is 230 g/mol. The molecule has 1 aliphatic rings. The number of oxime groups is 1. The minimum Gasteiger partial charge on any atom is -0.409 e. The number of amides is 1. The highest BCUT2D eigenvalue weighted by atomic mass is 16.4. The third-order valence-corrected chi connectivity index (χ3v) is 3.77. The standard InChI is InChI=1S/C13H25N3O2/c1-9(2)10(11(14)16-18)12(17)15-13(3)7-5-4-6-8-13/h9-10,18H,4-8H2,1-3H3,(H2,14,16)(H,15,17). The van der Waals surface area contributed by atoms with Gasteiger partial charge in [0, 0.05) is 5.54 Å². The van der Waals surface area contributed by atoms with E-state index in [9.17, 15) is 4.79 Å². The Morgan fingerprint density at radius 3 is 2.33 bits per heavy atom. The first-order chi connectivity index (χ1) is 8.39. The van der Waals surface area contributed by atoms with Crippen molar-refractivity contribution in [1.82, 2.24) is 5.32 Å². The van der Waals surface area contributed by atoms with Gasteiger partial charge in [0.25, 0.3) is 0 Å². The summed E-state index contributed by atoms with van der Waals surface area (Å²) in [6.45, 7) is 5.87. The molecule has 0 radical (unpaired) electrons. The number of nitrogens with zero attached hydrogens (tertiary/aromatic N) is 1. The number of carbonyl (C=O) groups excluding carboxylic acids is 1. The van der Waals surface area contributed by atoms with E-state index in [-0.39, 0.29) is 23.2 Å². The van der Waals surface area contributed by atoms with E-state index < -0.39 is 5.92 Å². The molecule has 104 valence electrons. The van der Waals surface area contributed by atoms with Crippen LogP contribution in [0.25, 0.3) is 0 Å². The molecule has 1 rings (SSSR count). The van der Waals surface area contributed by atoms with Crippen molar-refractivity contribution < 1.29 is 10.0 Å². The summed E-state index contributed by atoms with van der Waals surface area (Å²) in [5.74, 6) is -0.701. The molecule has 0 bridgehead atoms. The molecule has 1 amide bonds. The van der Waals surface area contributed by atoms with Crippen LogP contribution in [0.1, 0.15) is 52.9 Å². The van der Waals surface area contributed by atoms with Crippen molar-refractivity contribution in [3.8, 4) is 0 Å². The summed E-state index contributed by atoms with van der Waals surface area (Å²) in [6, 6.07) is 0. The van der Waals surface area contributed by atoms with Gasteiger partial charge in [0.05, 0.1) is 0 Å². The quantitative estimate of drug-likeness (QED) is 0.310. The van der Waals surface area contributed by atoms with E-state index in [4.69, 9.17) is 10.9 Å². The van der Waals surface area contributed by atoms with Crippen molar-refractivity contribution in [3.63, 3.8) is 0 Å². The molecule has 0 aliphatic heterocycles. The zero-order valence-electron chi connectivity index (χ0n) is 11.6. The van der Waals surface area contributed by atoms with Crippen LogP contribution >= 0.6 is 0 Å². The van der Waals surface area contributed by atoms with Crippen LogP contribution in [0.4, 0.5) is 0 Å². The molecule has 4 N–H and O–H groups in total. The van der Waals surface area contributed by atoms with Crippen LogP contribution in [0.5, 0.6) is 0 Å². The summed E-state index contributed by atoms with van der Waals surface area (Å²) >= 11 is 0. The number of hydrogen-bond donors (Lipinski definition) is 3. The summed E-state index contributed by atoms with van der Waals surface area (Å²) in [6.07, 6.45) is 5.53. The van der Waals surface area contributed by atoms with Gasteiger partial charge in [0.2, 0.25) is 5.91 Å². The van der Waals surface area contributed by atoms with Crippen LogP contribution in [0.15, 0.2) is 5.16 Å². The third kappa shape index (κ3) is 3.62. The predicted octanol–water partition coefficient (Wildman–Crippen LogP) is 1.84. The number of hydrogen-bond acceptors (Lipinski definition) is 3. The maximum Gasteiger partial charge on any atom is 0.231 e. The van der Waals surface area contributed by atoms with Crippen molar-refractivity contribution in [2.45, 2.75) is 58.4 Å². The van der Waals surface area contributed by atoms with Gasteiger partial charge in [-0.3, -0.25) is 4.79 Å². The Balaban J connectivity index is 2.72. The van der Waals surface area contributed by atoms with Gasteiger partial charge in [-0.15, -0.1) is 0 Å². The van der Waals surface area contributed by atoms with E-state index in [0.29, 0.717) is 0 Å². The van der Waals surface area contributed by atoms with Gasteiger partial charge in [-0.25, -0.2) is 0 Å². The summed E-state index contributed by atoms with van der Waals surface area (Å²) < 4.78 is 0. The minimum atomic E-state index is -0.561. The van der Waals surface area contributed by atoms with Crippen molar-refractivity contribution in [2.24, 2.45) is 22.7 Å². The van der Waals surface area contributed by atoms with Crippen molar-refractivity contribution in [1.29, 1.82) is 0 Å². The van der Waals surface area contributed by atoms with Gasteiger partial charge in [0.15, 0.2) is 5.84 Å². The number of rotatable bonds is 4. The maximum atomic E-state index is 12.3. The highest BCUT2D eigenvalue weighted by Crippen LogP contribution is 2.28. The average molecular weight is 255 g/mol. The van der Waals surface area contributed by atoms with E-state index in [1.54, 1.807) is 0 Å². The third-order valence-electron chi connectivity index (χ3n) is 3.77. The summed E-state index contributed by atoms with van der Waals surface area (Å²) in [4.78, 5) is 12.3. The Morgan fingerprint density at radius 2 is 1.89 bits per heavy atom. The first-order valence-corrected chi connectivity index (χ1v) is 6.69. The number of nitrogens with two attached hydrogens (primary N) is 1. The molecule has 1 unspecified atom stereocenters. The first-order valence-electron chi connectivity index (χ1n) is 6.69. The van der Waals surface area contributed by atoms with E-state index in [0.717, 1.165) is 25.7 Å². The largest absolute Gasteiger partial charge is 0.409 e. The maximum absolute atomic E-state index is 12.3. The summed E-state index contributed by atoms with van der Waals surface area (Å²) in [5, 5.41) is 14.8. The lowest BCUT2D eigenvalue weighted by molar-refractivity contribution is -0.126. The lowest BCUT2D eigenvalue weighted by Crippen LogP contribution is -2.52. The molecule has 0 spiro atoms. The fourth-order valence-electron chi connectivity index (χ4n) is 2.67. The fraction of sp³-hybridized carbons (Fsp3) is 0.846. The highest BCUT2D eigenvalue weighted by molar-refractivity contribution is 6.02. The van der Waals surface area contributed by atoms with E-state index in [2.05, 4.69) is 17.4 Å². The molecular formula is C13H25N3O2. The highest BCUT2D eigenvalue weighted by Gasteiger charge is 2.34. The van der Waals surface area contributed by atoms with Gasteiger partial charge >= 0.3 is 0 Å². The normalized spacial score (nSPS) is 21.7. The van der Waals surface area contributed by atoms with Crippen LogP contribution in [-0.4, -0.2) is 22.5 Å². The number of nitrogens with one attached hydrogen (secondary N) is 1. The molecule has 0 saturated heterocycles. The molecule has 0 aromatic carbocycles. The second-order valence-electron chi connectivity index (χ2n) is 5.86. The topological polar surface area (TPSA) is 87.7 Å². The molecule has 5 heteroatoms. The van der Waals surface area contributed by atoms with Gasteiger partial charge in [-0.2, -0.15) is 0 Å². The number of carbonyl (C=O) groups is 1. The lowest BCUT2D eigenvalue weighted by atomic mass is 9.82. The van der Waals surface area contributed by atoms with Gasteiger partial charge in [-0.05, 0) is 25.7 Å². The Labute approximate surface area is 109 Å². The van der Waals surface area contributed by atoms with E-state index >= 15 is 0 Å². The van der Waals surface area contributed by atoms with Gasteiger partial charge in [0.1, 0.15) is 5.92 Å². The van der Waals surface area contributed by atoms with E-state index in [1.807, 2.05) is 13.8 Å². The summed E-state index contributed by atoms with van der Waals surface area (Å²) in [7, 11) is 0. The molecule has 1 saturated carbocycles. The van der Waals surface area contributed by atoms with Crippen LogP contribution in [0.2, 0.25) is 0 Å². The summed E-state index contributed by atoms with van der Waals surface area (Å²) in [5.41, 5.74) is 5.47. The van der Waals surface area contributed by atoms with Crippen LogP contribution in [0.3, 0.4) is 0 Å². The zero-order chi connectivity index (χ0) is 13.8. The fourth-order valence-corrected chi connectivity index (χ4v) is 2.67. The van der Waals surface area contributed by atoms with Crippen molar-refractivity contribution in [2.75, 3.05) is 0 Å². The van der Waals surface area contributed by atoms with Crippen LogP contribution < -0.4 is 11.1 Å². The molecule has 0 heterocycles. The Kier molecular flexibility index (Phi) is 4.99. The molecule has 0 aromatic heterocycles. The predicted molar refractivity (Wildman–Crippen MR) is 71.4 cm³/mol. The molecule has 1 aliphatic carbocycles. The van der Waals surface area contributed by atoms with E-state index in [1.165, 1.54) is 6.42 Å². The monoisotopic (exact) mass is 255 g/mol. The smallest absolute Gasteiger partial charge is 0.231 e. The molecule has 1 fully saturated rings. The molecule has 5 nitrogen and oxygen atoms in total. The second-order valence-corrected chi connectivity index (χ2v) is 5.86. The SMILES string of the molecule is CC(C)C(C(=O)NC1(C)CCCCC1)C(N)=NO. The molecule has 1 atom stereocenters. The van der Waals surface area contributed by atoms with Crippen molar-refractivity contribution >= 4 is 11.7 Å². The van der Waals surface area contributed by atoms with Crippen LogP contribution in [-0.2, 0) is 4.79 Å². The molecule has 0 aromatic rings.